The van der Waals surface area contributed by atoms with Gasteiger partial charge in [-0.05, 0) is 31.1 Å². The Morgan fingerprint density at radius 2 is 1.87 bits per heavy atom. The van der Waals surface area contributed by atoms with E-state index in [0.29, 0.717) is 29.9 Å². The van der Waals surface area contributed by atoms with Crippen LogP contribution in [-0.2, 0) is 4.74 Å². The maximum absolute atomic E-state index is 5.78. The molecular formula is C13H27NO. The monoisotopic (exact) mass is 213 g/mol. The van der Waals surface area contributed by atoms with Gasteiger partial charge in [0.15, 0.2) is 0 Å². The summed E-state index contributed by atoms with van der Waals surface area (Å²) in [6.07, 6.45) is 1.69. The Bertz CT molecular complexity index is 179. The lowest BCUT2D eigenvalue weighted by atomic mass is 9.92. The molecule has 0 amide bonds. The molecule has 1 fully saturated rings. The average molecular weight is 213 g/mol. The first kappa shape index (κ1) is 13.0. The van der Waals surface area contributed by atoms with Gasteiger partial charge in [-0.15, -0.1) is 0 Å². The fourth-order valence-corrected chi connectivity index (χ4v) is 2.18. The van der Waals surface area contributed by atoms with Crippen LogP contribution in [0.2, 0.25) is 0 Å². The lowest BCUT2D eigenvalue weighted by Gasteiger charge is -2.25. The van der Waals surface area contributed by atoms with Gasteiger partial charge in [0.2, 0.25) is 0 Å². The molecule has 3 unspecified atom stereocenters. The van der Waals surface area contributed by atoms with Crippen LogP contribution in [0.4, 0.5) is 0 Å². The van der Waals surface area contributed by atoms with Crippen LogP contribution < -0.4 is 5.32 Å². The predicted octanol–water partition coefficient (Wildman–Crippen LogP) is 2.68. The van der Waals surface area contributed by atoms with Crippen molar-refractivity contribution in [1.82, 2.24) is 5.32 Å². The van der Waals surface area contributed by atoms with Crippen molar-refractivity contribution in [3.05, 3.63) is 0 Å². The number of hydrogen-bond donors (Lipinski definition) is 1. The summed E-state index contributed by atoms with van der Waals surface area (Å²) in [6, 6.07) is 0.610. The van der Waals surface area contributed by atoms with Gasteiger partial charge in [0.05, 0.1) is 6.10 Å². The van der Waals surface area contributed by atoms with Gasteiger partial charge in [-0.2, -0.15) is 0 Å². The molecule has 0 aromatic carbocycles. The summed E-state index contributed by atoms with van der Waals surface area (Å²) >= 11 is 0. The summed E-state index contributed by atoms with van der Waals surface area (Å²) in [5.74, 6) is 2.07. The van der Waals surface area contributed by atoms with E-state index in [9.17, 15) is 0 Å². The summed E-state index contributed by atoms with van der Waals surface area (Å²) in [6.45, 7) is 13.4. The fraction of sp³-hybridized carbons (Fsp3) is 1.00. The summed E-state index contributed by atoms with van der Waals surface area (Å²) in [5.41, 5.74) is 0. The van der Waals surface area contributed by atoms with Crippen LogP contribution in [0.5, 0.6) is 0 Å². The van der Waals surface area contributed by atoms with E-state index in [2.05, 4.69) is 39.9 Å². The van der Waals surface area contributed by atoms with E-state index in [0.717, 1.165) is 13.2 Å². The molecule has 1 aliphatic rings. The van der Waals surface area contributed by atoms with E-state index in [1.807, 2.05) is 0 Å². The molecule has 15 heavy (non-hydrogen) atoms. The molecule has 0 aromatic rings. The molecule has 2 heteroatoms. The zero-order valence-corrected chi connectivity index (χ0v) is 10.9. The van der Waals surface area contributed by atoms with Gasteiger partial charge < -0.3 is 10.1 Å². The molecule has 0 saturated carbocycles. The summed E-state index contributed by atoms with van der Waals surface area (Å²) < 4.78 is 5.78. The normalized spacial score (nSPS) is 29.0. The minimum Gasteiger partial charge on any atom is -0.378 e. The number of nitrogens with one attached hydrogen (secondary N) is 1. The van der Waals surface area contributed by atoms with E-state index in [1.54, 1.807) is 0 Å². The minimum atomic E-state index is 0.469. The van der Waals surface area contributed by atoms with Crippen molar-refractivity contribution < 1.29 is 4.74 Å². The first-order chi connectivity index (χ1) is 7.02. The van der Waals surface area contributed by atoms with Crippen molar-refractivity contribution in [1.29, 1.82) is 0 Å². The summed E-state index contributed by atoms with van der Waals surface area (Å²) in [7, 11) is 0. The Balaban J connectivity index is 2.31. The maximum atomic E-state index is 5.78. The van der Waals surface area contributed by atoms with Crippen molar-refractivity contribution in [2.75, 3.05) is 13.2 Å². The molecule has 1 aliphatic heterocycles. The zero-order chi connectivity index (χ0) is 11.4. The van der Waals surface area contributed by atoms with Gasteiger partial charge in [-0.25, -0.2) is 0 Å². The van der Waals surface area contributed by atoms with Crippen LogP contribution in [0.15, 0.2) is 0 Å². The molecule has 1 saturated heterocycles. The first-order valence-electron chi connectivity index (χ1n) is 6.37. The van der Waals surface area contributed by atoms with Crippen molar-refractivity contribution in [2.45, 2.75) is 53.2 Å². The van der Waals surface area contributed by atoms with Crippen LogP contribution in [0.25, 0.3) is 0 Å². The standard InChI is InChI=1S/C13H27NO/c1-9(2)11(5)14-8-12-6-7-15-13(12)10(3)4/h9-14H,6-8H2,1-5H3. The van der Waals surface area contributed by atoms with Gasteiger partial charge in [-0.3, -0.25) is 0 Å². The smallest absolute Gasteiger partial charge is 0.0639 e. The van der Waals surface area contributed by atoms with E-state index in [-0.39, 0.29) is 0 Å². The van der Waals surface area contributed by atoms with Crippen LogP contribution in [0.1, 0.15) is 41.0 Å². The van der Waals surface area contributed by atoms with E-state index < -0.39 is 0 Å². The Hall–Kier alpha value is -0.0800. The molecular weight excluding hydrogens is 186 g/mol. The third-order valence-corrected chi connectivity index (χ3v) is 3.62. The van der Waals surface area contributed by atoms with Crippen LogP contribution in [-0.4, -0.2) is 25.3 Å². The van der Waals surface area contributed by atoms with Gasteiger partial charge in [0.25, 0.3) is 0 Å². The molecule has 2 nitrogen and oxygen atoms in total. The van der Waals surface area contributed by atoms with Crippen LogP contribution >= 0.6 is 0 Å². The minimum absolute atomic E-state index is 0.469. The van der Waals surface area contributed by atoms with Gasteiger partial charge in [0.1, 0.15) is 0 Å². The van der Waals surface area contributed by atoms with Gasteiger partial charge in [-0.1, -0.05) is 27.7 Å². The Morgan fingerprint density at radius 3 is 2.40 bits per heavy atom. The number of rotatable bonds is 5. The molecule has 0 bridgehead atoms. The second kappa shape index (κ2) is 5.86. The Morgan fingerprint density at radius 1 is 1.20 bits per heavy atom. The Kier molecular flexibility index (Phi) is 5.07. The highest BCUT2D eigenvalue weighted by Gasteiger charge is 2.30. The number of hydrogen-bond acceptors (Lipinski definition) is 2. The molecule has 0 spiro atoms. The highest BCUT2D eigenvalue weighted by atomic mass is 16.5. The number of ether oxygens (including phenoxy) is 1. The SMILES string of the molecule is CC(C)C(C)NCC1CCOC1C(C)C. The largest absolute Gasteiger partial charge is 0.378 e. The lowest BCUT2D eigenvalue weighted by Crippen LogP contribution is -2.38. The molecule has 1 rings (SSSR count). The van der Waals surface area contributed by atoms with Crippen LogP contribution in [0, 0.1) is 17.8 Å². The van der Waals surface area contributed by atoms with Crippen LogP contribution in [0.3, 0.4) is 0 Å². The quantitative estimate of drug-likeness (QED) is 0.758. The predicted molar refractivity (Wildman–Crippen MR) is 65.0 cm³/mol. The van der Waals surface area contributed by atoms with Crippen molar-refractivity contribution in [3.8, 4) is 0 Å². The highest BCUT2D eigenvalue weighted by Crippen LogP contribution is 2.26. The molecule has 3 atom stereocenters. The van der Waals surface area contributed by atoms with Crippen molar-refractivity contribution >= 4 is 0 Å². The van der Waals surface area contributed by atoms with E-state index in [4.69, 9.17) is 4.74 Å². The molecule has 0 aromatic heterocycles. The molecule has 1 N–H and O–H groups in total. The fourth-order valence-electron chi connectivity index (χ4n) is 2.18. The topological polar surface area (TPSA) is 21.3 Å². The molecule has 1 heterocycles. The maximum Gasteiger partial charge on any atom is 0.0639 e. The second-order valence-corrected chi connectivity index (χ2v) is 5.57. The summed E-state index contributed by atoms with van der Waals surface area (Å²) in [5, 5.41) is 3.63. The van der Waals surface area contributed by atoms with Crippen molar-refractivity contribution in [2.24, 2.45) is 17.8 Å². The second-order valence-electron chi connectivity index (χ2n) is 5.57. The summed E-state index contributed by atoms with van der Waals surface area (Å²) in [4.78, 5) is 0. The zero-order valence-electron chi connectivity index (χ0n) is 10.9. The van der Waals surface area contributed by atoms with E-state index in [1.165, 1.54) is 6.42 Å². The van der Waals surface area contributed by atoms with Gasteiger partial charge >= 0.3 is 0 Å². The first-order valence-corrected chi connectivity index (χ1v) is 6.37. The molecule has 90 valence electrons. The molecule has 0 radical (unpaired) electrons. The molecule has 0 aliphatic carbocycles. The van der Waals surface area contributed by atoms with Gasteiger partial charge in [0, 0.05) is 19.2 Å². The Labute approximate surface area is 94.8 Å². The average Bonchev–Trinajstić information content (AvgIpc) is 2.61. The highest BCUT2D eigenvalue weighted by molar-refractivity contribution is 4.81. The third kappa shape index (κ3) is 3.76. The third-order valence-electron chi connectivity index (χ3n) is 3.62. The van der Waals surface area contributed by atoms with Crippen molar-refractivity contribution in [3.63, 3.8) is 0 Å². The van der Waals surface area contributed by atoms with E-state index >= 15 is 0 Å². The lowest BCUT2D eigenvalue weighted by molar-refractivity contribution is 0.0532.